The summed E-state index contributed by atoms with van der Waals surface area (Å²) in [5.74, 6) is 1.42. The van der Waals surface area contributed by atoms with Gasteiger partial charge in [0.25, 0.3) is 0 Å². The van der Waals surface area contributed by atoms with Crippen LogP contribution in [0.5, 0.6) is 5.75 Å². The van der Waals surface area contributed by atoms with Gasteiger partial charge in [-0.15, -0.1) is 0 Å². The van der Waals surface area contributed by atoms with Crippen LogP contribution in [0.3, 0.4) is 0 Å². The van der Waals surface area contributed by atoms with E-state index >= 15 is 0 Å². The number of nitrogens with one attached hydrogen (secondary N) is 1. The van der Waals surface area contributed by atoms with Crippen molar-refractivity contribution in [2.75, 3.05) is 0 Å². The van der Waals surface area contributed by atoms with Crippen LogP contribution in [0.15, 0.2) is 72.8 Å². The third kappa shape index (κ3) is 4.81. The highest BCUT2D eigenvalue weighted by molar-refractivity contribution is 14.1. The molecule has 0 aliphatic carbocycles. The maximum absolute atomic E-state index is 9.79. The van der Waals surface area contributed by atoms with Gasteiger partial charge in [-0.1, -0.05) is 42.5 Å². The molecule has 0 fully saturated rings. The van der Waals surface area contributed by atoms with Crippen LogP contribution in [0.1, 0.15) is 22.5 Å². The molecule has 1 N–H and O–H groups in total. The second-order valence-electron chi connectivity index (χ2n) is 8.06. The summed E-state index contributed by atoms with van der Waals surface area (Å²) in [6.45, 7) is 2.53. The van der Waals surface area contributed by atoms with Gasteiger partial charge in [-0.25, -0.2) is 4.98 Å². The first-order valence-electron chi connectivity index (χ1n) is 10.7. The number of fused-ring (bicyclic) bond motifs is 2. The number of rotatable bonds is 5. The molecule has 4 aromatic carbocycles. The zero-order valence-corrected chi connectivity index (χ0v) is 22.6. The molecule has 0 unspecified atom stereocenters. The molecule has 0 bridgehead atoms. The molecule has 0 saturated heterocycles. The van der Waals surface area contributed by atoms with E-state index in [1.54, 1.807) is 0 Å². The Morgan fingerprint density at radius 2 is 1.76 bits per heavy atom. The van der Waals surface area contributed by atoms with Gasteiger partial charge in [0.1, 0.15) is 24.3 Å². The summed E-state index contributed by atoms with van der Waals surface area (Å²) in [7, 11) is 0. The van der Waals surface area contributed by atoms with E-state index in [1.807, 2.05) is 55.5 Å². The van der Waals surface area contributed by atoms with Crippen molar-refractivity contribution in [3.63, 3.8) is 0 Å². The van der Waals surface area contributed by atoms with Crippen LogP contribution >= 0.6 is 45.2 Å². The first kappa shape index (κ1) is 22.9. The molecular weight excluding hydrogens is 648 g/mol. The molecule has 5 rings (SSSR count). The third-order valence-electron chi connectivity index (χ3n) is 5.54. The van der Waals surface area contributed by atoms with E-state index in [1.165, 1.54) is 10.8 Å². The second-order valence-corrected chi connectivity index (χ2v) is 10.4. The van der Waals surface area contributed by atoms with Crippen molar-refractivity contribution in [2.45, 2.75) is 13.5 Å². The van der Waals surface area contributed by atoms with Crippen molar-refractivity contribution in [1.29, 1.82) is 5.26 Å². The highest BCUT2D eigenvalue weighted by atomic mass is 127. The van der Waals surface area contributed by atoms with Gasteiger partial charge in [0, 0.05) is 0 Å². The molecule has 0 radical (unpaired) electrons. The molecule has 1 aromatic heterocycles. The number of aromatic amines is 1. The third-order valence-corrected chi connectivity index (χ3v) is 7.14. The summed E-state index contributed by atoms with van der Waals surface area (Å²) in [6, 6.07) is 27.1. The largest absolute Gasteiger partial charge is 0.487 e. The number of benzene rings is 4. The molecule has 0 spiro atoms. The van der Waals surface area contributed by atoms with Crippen LogP contribution < -0.4 is 4.74 Å². The molecular formula is C28H19I2N3O. The zero-order valence-electron chi connectivity index (χ0n) is 18.3. The van der Waals surface area contributed by atoms with Gasteiger partial charge in [-0.05, 0) is 116 Å². The van der Waals surface area contributed by atoms with Crippen molar-refractivity contribution in [3.05, 3.63) is 102 Å². The molecule has 1 heterocycles. The van der Waals surface area contributed by atoms with Crippen molar-refractivity contribution < 1.29 is 4.74 Å². The highest BCUT2D eigenvalue weighted by Crippen LogP contribution is 2.31. The van der Waals surface area contributed by atoms with Gasteiger partial charge in [-0.2, -0.15) is 5.26 Å². The van der Waals surface area contributed by atoms with Crippen LogP contribution in [0.4, 0.5) is 0 Å². The maximum atomic E-state index is 9.79. The van der Waals surface area contributed by atoms with Gasteiger partial charge < -0.3 is 9.72 Å². The first-order valence-corrected chi connectivity index (χ1v) is 12.8. The van der Waals surface area contributed by atoms with Crippen LogP contribution in [-0.4, -0.2) is 9.97 Å². The van der Waals surface area contributed by atoms with E-state index in [0.717, 1.165) is 40.6 Å². The minimum atomic E-state index is 0.491. The summed E-state index contributed by atoms with van der Waals surface area (Å²) in [5, 5.41) is 12.2. The Hall–Kier alpha value is -2.90. The highest BCUT2D eigenvalue weighted by Gasteiger charge is 2.12. The lowest BCUT2D eigenvalue weighted by Crippen LogP contribution is -1.99. The van der Waals surface area contributed by atoms with Gasteiger partial charge in [0.2, 0.25) is 0 Å². The smallest absolute Gasteiger partial charge is 0.149 e. The monoisotopic (exact) mass is 667 g/mol. The normalized spacial score (nSPS) is 11.6. The summed E-state index contributed by atoms with van der Waals surface area (Å²) >= 11 is 4.58. The SMILES string of the molecule is Cc1ccc2nc(/C(C#N)=C\c3cc(I)c(OCc4ccc5ccccc5c4)c(I)c3)[nH]c2c1. The zero-order chi connectivity index (χ0) is 23.7. The Kier molecular flexibility index (Phi) is 6.57. The van der Waals surface area contributed by atoms with E-state index in [-0.39, 0.29) is 0 Å². The average molecular weight is 667 g/mol. The van der Waals surface area contributed by atoms with Crippen molar-refractivity contribution in [1.82, 2.24) is 9.97 Å². The fourth-order valence-electron chi connectivity index (χ4n) is 3.86. The first-order chi connectivity index (χ1) is 16.5. The van der Waals surface area contributed by atoms with Gasteiger partial charge in [0.05, 0.1) is 23.7 Å². The predicted octanol–water partition coefficient (Wildman–Crippen LogP) is 7.88. The molecule has 166 valence electrons. The molecule has 4 nitrogen and oxygen atoms in total. The number of aryl methyl sites for hydroxylation is 1. The van der Waals surface area contributed by atoms with Gasteiger partial charge >= 0.3 is 0 Å². The van der Waals surface area contributed by atoms with Crippen LogP contribution in [0, 0.1) is 25.4 Å². The molecule has 0 atom stereocenters. The lowest BCUT2D eigenvalue weighted by molar-refractivity contribution is 0.302. The van der Waals surface area contributed by atoms with Crippen molar-refractivity contribution in [2.24, 2.45) is 0 Å². The van der Waals surface area contributed by atoms with Crippen molar-refractivity contribution >= 4 is 78.6 Å². The van der Waals surface area contributed by atoms with Crippen molar-refractivity contribution in [3.8, 4) is 11.8 Å². The standard InChI is InChI=1S/C28H19I2N3O/c1-17-6-9-25-26(10-17)33-28(32-25)22(15-31)12-19-13-23(29)27(24(30)14-19)34-16-18-7-8-20-4-2-3-5-21(20)11-18/h2-14H,16H2,1H3,(H,32,33)/b22-12-. The summed E-state index contributed by atoms with van der Waals surface area (Å²) < 4.78 is 8.19. The summed E-state index contributed by atoms with van der Waals surface area (Å²) in [6.07, 6.45) is 1.86. The molecule has 0 saturated carbocycles. The number of imidazole rings is 1. The van der Waals surface area contributed by atoms with E-state index < -0.39 is 0 Å². The minimum Gasteiger partial charge on any atom is -0.487 e. The van der Waals surface area contributed by atoms with E-state index in [0.29, 0.717) is 18.0 Å². The number of hydrogen-bond acceptors (Lipinski definition) is 3. The Morgan fingerprint density at radius 1 is 1.00 bits per heavy atom. The number of nitrogens with zero attached hydrogens (tertiary/aromatic N) is 2. The Bertz CT molecular complexity index is 1590. The van der Waals surface area contributed by atoms with Gasteiger partial charge in [0.15, 0.2) is 0 Å². The van der Waals surface area contributed by atoms with E-state index in [4.69, 9.17) is 4.74 Å². The number of H-pyrrole nitrogens is 1. The fourth-order valence-corrected chi connectivity index (χ4v) is 5.98. The second kappa shape index (κ2) is 9.76. The quantitative estimate of drug-likeness (QED) is 0.153. The Balaban J connectivity index is 1.39. The number of nitriles is 1. The number of hydrogen-bond donors (Lipinski definition) is 1. The number of halogens is 2. The molecule has 5 aromatic rings. The van der Waals surface area contributed by atoms with Crippen LogP contribution in [0.25, 0.3) is 33.5 Å². The lowest BCUT2D eigenvalue weighted by atomic mass is 10.1. The molecule has 0 aliphatic heterocycles. The van der Waals surface area contributed by atoms with Crippen LogP contribution in [0.2, 0.25) is 0 Å². The van der Waals surface area contributed by atoms with E-state index in [9.17, 15) is 5.26 Å². The van der Waals surface area contributed by atoms with E-state index in [2.05, 4.69) is 91.6 Å². The molecule has 0 amide bonds. The Labute approximate surface area is 225 Å². The number of aromatic nitrogens is 2. The summed E-state index contributed by atoms with van der Waals surface area (Å²) in [4.78, 5) is 7.86. The topological polar surface area (TPSA) is 61.7 Å². The van der Waals surface area contributed by atoms with Crippen LogP contribution in [-0.2, 0) is 6.61 Å². The molecule has 0 aliphatic rings. The predicted molar refractivity (Wildman–Crippen MR) is 154 cm³/mol. The number of ether oxygens (including phenoxy) is 1. The lowest BCUT2D eigenvalue weighted by Gasteiger charge is -2.12. The maximum Gasteiger partial charge on any atom is 0.149 e. The minimum absolute atomic E-state index is 0.491. The van der Waals surface area contributed by atoms with Gasteiger partial charge in [-0.3, -0.25) is 0 Å². The fraction of sp³-hybridized carbons (Fsp3) is 0.0714. The molecule has 6 heteroatoms. The number of allylic oxidation sites excluding steroid dienone is 1. The average Bonchev–Trinajstić information content (AvgIpc) is 3.25. The molecule has 34 heavy (non-hydrogen) atoms. The summed E-state index contributed by atoms with van der Waals surface area (Å²) in [5.41, 5.74) is 5.47. The Morgan fingerprint density at radius 3 is 2.53 bits per heavy atom.